The minimum Gasteiger partial charge on any atom is -0.324 e. The number of hydrogen-bond acceptors (Lipinski definition) is 4. The Hall–Kier alpha value is -1.75. The highest BCUT2D eigenvalue weighted by Crippen LogP contribution is 2.36. The normalized spacial score (nSPS) is 12.2. The molecule has 0 saturated heterocycles. The number of anilines is 1. The molecule has 152 valence electrons. The lowest BCUT2D eigenvalue weighted by Crippen LogP contribution is -2.35. The van der Waals surface area contributed by atoms with Gasteiger partial charge >= 0.3 is 6.18 Å². The van der Waals surface area contributed by atoms with E-state index in [1.807, 2.05) is 6.26 Å². The number of nitrogens with zero attached hydrogens (tertiary/aromatic N) is 1. The summed E-state index contributed by atoms with van der Waals surface area (Å²) in [5.74, 6) is -0.627. The molecule has 0 fully saturated rings. The van der Waals surface area contributed by atoms with Crippen LogP contribution in [-0.2, 0) is 21.0 Å². The van der Waals surface area contributed by atoms with E-state index in [1.54, 1.807) is 24.3 Å². The summed E-state index contributed by atoms with van der Waals surface area (Å²) in [6.07, 6.45) is -2.99. The van der Waals surface area contributed by atoms with Gasteiger partial charge in [0.25, 0.3) is 0 Å². The summed E-state index contributed by atoms with van der Waals surface area (Å²) in [7, 11) is -3.22. The first-order chi connectivity index (χ1) is 13.0. The second-order valence-electron chi connectivity index (χ2n) is 5.65. The van der Waals surface area contributed by atoms with Gasteiger partial charge in [-0.1, -0.05) is 23.7 Å². The summed E-state index contributed by atoms with van der Waals surface area (Å²) < 4.78 is 64.8. The first-order valence-corrected chi connectivity index (χ1v) is 10.8. The molecule has 0 saturated carbocycles. The highest BCUT2D eigenvalue weighted by Gasteiger charge is 2.35. The molecule has 0 unspecified atom stereocenters. The van der Waals surface area contributed by atoms with Crippen LogP contribution in [0, 0.1) is 0 Å². The standard InChI is InChI=1S/C17H16ClF3N2O3S2/c1-23(10-16(24)22-14-5-3-4-6-15(14)27-2)28(25,26)11-7-8-13(18)12(9-11)17(19,20)21/h3-9H,10H2,1-2H3,(H,22,24). The van der Waals surface area contributed by atoms with Crippen molar-refractivity contribution in [3.05, 3.63) is 53.1 Å². The van der Waals surface area contributed by atoms with Crippen molar-refractivity contribution in [1.29, 1.82) is 0 Å². The van der Waals surface area contributed by atoms with Crippen LogP contribution in [0.5, 0.6) is 0 Å². The Morgan fingerprint density at radius 3 is 2.46 bits per heavy atom. The number of carbonyl (C=O) groups excluding carboxylic acids is 1. The lowest BCUT2D eigenvalue weighted by atomic mass is 10.2. The summed E-state index contributed by atoms with van der Waals surface area (Å²) in [5, 5.41) is 1.98. The second-order valence-corrected chi connectivity index (χ2v) is 8.95. The Balaban J connectivity index is 2.21. The Morgan fingerprint density at radius 2 is 1.86 bits per heavy atom. The van der Waals surface area contributed by atoms with Gasteiger partial charge in [0.15, 0.2) is 0 Å². The molecule has 11 heteroatoms. The van der Waals surface area contributed by atoms with E-state index in [9.17, 15) is 26.4 Å². The number of alkyl halides is 3. The first kappa shape index (κ1) is 22.5. The molecule has 0 aliphatic rings. The number of para-hydroxylation sites is 1. The number of carbonyl (C=O) groups is 1. The number of nitrogens with one attached hydrogen (secondary N) is 1. The number of hydrogen-bond donors (Lipinski definition) is 1. The summed E-state index contributed by atoms with van der Waals surface area (Å²) in [4.78, 5) is 12.4. The summed E-state index contributed by atoms with van der Waals surface area (Å²) in [5.41, 5.74) is -0.751. The van der Waals surface area contributed by atoms with Crippen molar-refractivity contribution in [1.82, 2.24) is 4.31 Å². The number of thioether (sulfide) groups is 1. The zero-order chi connectivity index (χ0) is 21.1. The van der Waals surface area contributed by atoms with Gasteiger partial charge < -0.3 is 5.32 Å². The largest absolute Gasteiger partial charge is 0.417 e. The maximum atomic E-state index is 13.0. The zero-order valence-corrected chi connectivity index (χ0v) is 17.1. The molecule has 0 heterocycles. The Bertz CT molecular complexity index is 982. The summed E-state index contributed by atoms with van der Waals surface area (Å²) >= 11 is 6.92. The molecule has 0 spiro atoms. The molecule has 1 amide bonds. The molecule has 2 rings (SSSR count). The van der Waals surface area contributed by atoms with Gasteiger partial charge in [-0.3, -0.25) is 4.79 Å². The van der Waals surface area contributed by atoms with Crippen molar-refractivity contribution in [3.63, 3.8) is 0 Å². The smallest absolute Gasteiger partial charge is 0.324 e. The van der Waals surface area contributed by atoms with Crippen LogP contribution in [0.15, 0.2) is 52.3 Å². The van der Waals surface area contributed by atoms with Gasteiger partial charge in [-0.25, -0.2) is 8.42 Å². The first-order valence-electron chi connectivity index (χ1n) is 7.72. The van der Waals surface area contributed by atoms with Crippen molar-refractivity contribution in [2.75, 3.05) is 25.2 Å². The van der Waals surface area contributed by atoms with E-state index in [0.29, 0.717) is 16.1 Å². The van der Waals surface area contributed by atoms with E-state index in [2.05, 4.69) is 5.32 Å². The molecular formula is C17H16ClF3N2O3S2. The quantitative estimate of drug-likeness (QED) is 0.662. The lowest BCUT2D eigenvalue weighted by Gasteiger charge is -2.18. The van der Waals surface area contributed by atoms with E-state index in [-0.39, 0.29) is 0 Å². The van der Waals surface area contributed by atoms with Crippen LogP contribution in [0.2, 0.25) is 5.02 Å². The van der Waals surface area contributed by atoms with Gasteiger partial charge in [-0.2, -0.15) is 17.5 Å². The van der Waals surface area contributed by atoms with E-state index in [0.717, 1.165) is 24.1 Å². The molecular weight excluding hydrogens is 437 g/mol. The molecule has 0 atom stereocenters. The highest BCUT2D eigenvalue weighted by atomic mass is 35.5. The van der Waals surface area contributed by atoms with Crippen molar-refractivity contribution >= 4 is 45.0 Å². The molecule has 5 nitrogen and oxygen atoms in total. The lowest BCUT2D eigenvalue weighted by molar-refractivity contribution is -0.137. The fourth-order valence-electron chi connectivity index (χ4n) is 2.29. The SMILES string of the molecule is CSc1ccccc1NC(=O)CN(C)S(=O)(=O)c1ccc(Cl)c(C(F)(F)F)c1. The van der Waals surface area contributed by atoms with Gasteiger partial charge in [-0.05, 0) is 36.6 Å². The summed E-state index contributed by atoms with van der Waals surface area (Å²) in [6.45, 7) is -0.574. The fourth-order valence-corrected chi connectivity index (χ4v) is 4.22. The van der Waals surface area contributed by atoms with Crippen LogP contribution >= 0.6 is 23.4 Å². The van der Waals surface area contributed by atoms with Crippen LogP contribution in [-0.4, -0.2) is 38.5 Å². The molecule has 1 N–H and O–H groups in total. The molecule has 0 aromatic heterocycles. The topological polar surface area (TPSA) is 66.5 Å². The minimum absolute atomic E-state index is 0.453. The number of halogens is 4. The number of amides is 1. The molecule has 0 aliphatic carbocycles. The van der Waals surface area contributed by atoms with Gasteiger partial charge in [0.2, 0.25) is 15.9 Å². The zero-order valence-electron chi connectivity index (χ0n) is 14.7. The van der Waals surface area contributed by atoms with Gasteiger partial charge in [-0.15, -0.1) is 11.8 Å². The number of likely N-dealkylation sites (N-methyl/N-ethyl adjacent to an activating group) is 1. The Morgan fingerprint density at radius 1 is 1.21 bits per heavy atom. The third-order valence-corrected chi connectivity index (χ3v) is 6.62. The maximum absolute atomic E-state index is 13.0. The predicted molar refractivity (Wildman–Crippen MR) is 103 cm³/mol. The second kappa shape index (κ2) is 8.73. The van der Waals surface area contributed by atoms with Crippen molar-refractivity contribution in [2.24, 2.45) is 0 Å². The molecule has 0 aliphatic heterocycles. The molecule has 28 heavy (non-hydrogen) atoms. The van der Waals surface area contributed by atoms with Crippen LogP contribution < -0.4 is 5.32 Å². The highest BCUT2D eigenvalue weighted by molar-refractivity contribution is 7.98. The van der Waals surface area contributed by atoms with Gasteiger partial charge in [0, 0.05) is 11.9 Å². The van der Waals surface area contributed by atoms with Gasteiger partial charge in [0.1, 0.15) is 0 Å². The van der Waals surface area contributed by atoms with E-state index in [4.69, 9.17) is 11.6 Å². The molecule has 2 aromatic rings. The van der Waals surface area contributed by atoms with Crippen LogP contribution in [0.3, 0.4) is 0 Å². The number of sulfonamides is 1. The van der Waals surface area contributed by atoms with Gasteiger partial charge in [0.05, 0.1) is 27.7 Å². The monoisotopic (exact) mass is 452 g/mol. The number of benzene rings is 2. The van der Waals surface area contributed by atoms with E-state index < -0.39 is 44.1 Å². The summed E-state index contributed by atoms with van der Waals surface area (Å²) in [6, 6.07) is 9.22. The third kappa shape index (κ3) is 5.19. The number of rotatable bonds is 6. The predicted octanol–water partition coefficient (Wildman–Crippen LogP) is 4.34. The maximum Gasteiger partial charge on any atom is 0.417 e. The van der Waals surface area contributed by atoms with E-state index >= 15 is 0 Å². The molecule has 0 radical (unpaired) electrons. The van der Waals surface area contributed by atoms with Crippen LogP contribution in [0.4, 0.5) is 18.9 Å². The Kier molecular flexibility index (Phi) is 7.02. The Labute approximate surface area is 169 Å². The van der Waals surface area contributed by atoms with Crippen molar-refractivity contribution in [3.8, 4) is 0 Å². The van der Waals surface area contributed by atoms with E-state index in [1.165, 1.54) is 11.8 Å². The average molecular weight is 453 g/mol. The average Bonchev–Trinajstić information content (AvgIpc) is 2.61. The molecule has 0 bridgehead atoms. The van der Waals surface area contributed by atoms with Crippen molar-refractivity contribution < 1.29 is 26.4 Å². The third-order valence-electron chi connectivity index (χ3n) is 3.70. The van der Waals surface area contributed by atoms with Crippen molar-refractivity contribution in [2.45, 2.75) is 16.0 Å². The minimum atomic E-state index is -4.81. The molecule has 2 aromatic carbocycles. The van der Waals surface area contributed by atoms with Crippen LogP contribution in [0.25, 0.3) is 0 Å². The van der Waals surface area contributed by atoms with Crippen LogP contribution in [0.1, 0.15) is 5.56 Å². The fraction of sp³-hybridized carbons (Fsp3) is 0.235.